The van der Waals surface area contributed by atoms with Crippen molar-refractivity contribution in [2.24, 2.45) is 5.10 Å². The summed E-state index contributed by atoms with van der Waals surface area (Å²) in [7, 11) is 0. The number of hydrogen-bond acceptors (Lipinski definition) is 8. The Labute approximate surface area is 191 Å². The lowest BCUT2D eigenvalue weighted by Gasteiger charge is -1.99. The number of rotatable bonds is 8. The second-order valence-electron chi connectivity index (χ2n) is 6.15. The third-order valence-electron chi connectivity index (χ3n) is 3.89. The first-order valence-corrected chi connectivity index (χ1v) is 11.3. The predicted octanol–water partition coefficient (Wildman–Crippen LogP) is 5.44. The van der Waals surface area contributed by atoms with E-state index in [4.69, 9.17) is 16.0 Å². The third kappa shape index (κ3) is 6.17. The van der Waals surface area contributed by atoms with Gasteiger partial charge in [0.05, 0.1) is 12.0 Å². The van der Waals surface area contributed by atoms with Crippen molar-refractivity contribution < 1.29 is 9.21 Å². The summed E-state index contributed by atoms with van der Waals surface area (Å²) in [5, 5.41) is 16.6. The maximum absolute atomic E-state index is 12.0. The largest absolute Gasteiger partial charge is 0.455 e. The molecule has 0 bridgehead atoms. The molecule has 2 aromatic heterocycles. The van der Waals surface area contributed by atoms with E-state index in [-0.39, 0.29) is 11.7 Å². The van der Waals surface area contributed by atoms with E-state index in [0.29, 0.717) is 26.0 Å². The number of aromatic nitrogens is 2. The summed E-state index contributed by atoms with van der Waals surface area (Å²) in [4.78, 5) is 12.0. The van der Waals surface area contributed by atoms with Gasteiger partial charge in [-0.2, -0.15) is 5.10 Å². The molecular weight excluding hydrogens is 454 g/mol. The monoisotopic (exact) mass is 469 g/mol. The molecule has 0 unspecified atom stereocenters. The Morgan fingerprint density at radius 2 is 1.90 bits per heavy atom. The van der Waals surface area contributed by atoms with Crippen LogP contribution in [0.4, 0.5) is 10.8 Å². The highest BCUT2D eigenvalue weighted by Crippen LogP contribution is 2.27. The lowest BCUT2D eigenvalue weighted by atomic mass is 10.2. The van der Waals surface area contributed by atoms with Gasteiger partial charge in [-0.25, -0.2) is 5.43 Å². The van der Waals surface area contributed by atoms with E-state index < -0.39 is 0 Å². The quantitative estimate of drug-likeness (QED) is 0.203. The van der Waals surface area contributed by atoms with Gasteiger partial charge in [0.1, 0.15) is 11.5 Å². The molecule has 0 spiro atoms. The average Bonchev–Trinajstić information content (AvgIpc) is 3.43. The van der Waals surface area contributed by atoms with Gasteiger partial charge in [0.25, 0.3) is 5.91 Å². The highest BCUT2D eigenvalue weighted by molar-refractivity contribution is 8.01. The standard InChI is InChI=1S/C21H16ClN5O2S2/c22-15-8-6-14(7-9-15)18-11-10-17(29-18)12-23-25-19(28)13-30-21-27-26-20(31-21)24-16-4-2-1-3-5-16/h1-12H,13H2,(H,24,26)(H,25,28)/b23-12+. The number of hydrogen-bond donors (Lipinski definition) is 2. The van der Waals surface area contributed by atoms with Crippen molar-refractivity contribution in [3.05, 3.63) is 77.5 Å². The Morgan fingerprint density at radius 1 is 1.10 bits per heavy atom. The lowest BCUT2D eigenvalue weighted by Crippen LogP contribution is -2.19. The van der Waals surface area contributed by atoms with E-state index in [2.05, 4.69) is 26.0 Å². The third-order valence-corrected chi connectivity index (χ3v) is 6.12. The minimum Gasteiger partial charge on any atom is -0.455 e. The van der Waals surface area contributed by atoms with E-state index >= 15 is 0 Å². The number of amides is 1. The molecule has 2 N–H and O–H groups in total. The van der Waals surface area contributed by atoms with Crippen LogP contribution in [0.5, 0.6) is 0 Å². The van der Waals surface area contributed by atoms with Crippen LogP contribution in [0.15, 0.2) is 80.6 Å². The topological polar surface area (TPSA) is 92.4 Å². The van der Waals surface area contributed by atoms with E-state index in [0.717, 1.165) is 11.3 Å². The highest BCUT2D eigenvalue weighted by Gasteiger charge is 2.08. The average molecular weight is 470 g/mol. The first-order chi connectivity index (χ1) is 15.2. The van der Waals surface area contributed by atoms with Crippen LogP contribution in [0.2, 0.25) is 5.02 Å². The maximum Gasteiger partial charge on any atom is 0.250 e. The van der Waals surface area contributed by atoms with Gasteiger partial charge in [0, 0.05) is 16.3 Å². The van der Waals surface area contributed by atoms with Crippen LogP contribution in [0, 0.1) is 0 Å². The SMILES string of the molecule is O=C(CSc1nnc(Nc2ccccc2)s1)N/N=C/c1ccc(-c2ccc(Cl)cc2)o1. The summed E-state index contributed by atoms with van der Waals surface area (Å²) in [5.41, 5.74) is 4.31. The molecule has 0 radical (unpaired) electrons. The number of anilines is 2. The molecule has 31 heavy (non-hydrogen) atoms. The number of carbonyl (C=O) groups excluding carboxylic acids is 1. The Kier molecular flexibility index (Phi) is 6.98. The molecular formula is C21H16ClN5O2S2. The number of para-hydroxylation sites is 1. The van der Waals surface area contributed by atoms with Gasteiger partial charge in [0.15, 0.2) is 4.34 Å². The van der Waals surface area contributed by atoms with Crippen molar-refractivity contribution in [2.45, 2.75) is 4.34 Å². The van der Waals surface area contributed by atoms with E-state index in [1.165, 1.54) is 29.3 Å². The molecule has 0 fully saturated rings. The molecule has 4 aromatic rings. The van der Waals surface area contributed by atoms with Crippen molar-refractivity contribution in [3.63, 3.8) is 0 Å². The normalized spacial score (nSPS) is 11.0. The lowest BCUT2D eigenvalue weighted by molar-refractivity contribution is -0.118. The number of thioether (sulfide) groups is 1. The second-order valence-corrected chi connectivity index (χ2v) is 8.79. The Bertz CT molecular complexity index is 1180. The van der Waals surface area contributed by atoms with Crippen molar-refractivity contribution in [1.29, 1.82) is 0 Å². The molecule has 156 valence electrons. The zero-order chi connectivity index (χ0) is 21.5. The van der Waals surface area contributed by atoms with Crippen LogP contribution in [-0.4, -0.2) is 28.1 Å². The second kappa shape index (κ2) is 10.3. The Balaban J connectivity index is 1.23. The fourth-order valence-corrected chi connectivity index (χ4v) is 4.17. The first kappa shape index (κ1) is 21.1. The van der Waals surface area contributed by atoms with Crippen LogP contribution in [0.1, 0.15) is 5.76 Å². The molecule has 1 amide bonds. The molecule has 10 heteroatoms. The predicted molar refractivity (Wildman–Crippen MR) is 125 cm³/mol. The van der Waals surface area contributed by atoms with Crippen molar-refractivity contribution in [3.8, 4) is 11.3 Å². The highest BCUT2D eigenvalue weighted by atomic mass is 35.5. The van der Waals surface area contributed by atoms with Crippen molar-refractivity contribution in [2.75, 3.05) is 11.1 Å². The molecule has 4 rings (SSSR count). The molecule has 7 nitrogen and oxygen atoms in total. The fraction of sp³-hybridized carbons (Fsp3) is 0.0476. The van der Waals surface area contributed by atoms with Crippen LogP contribution in [0.25, 0.3) is 11.3 Å². The number of carbonyl (C=O) groups is 1. The molecule has 0 aliphatic heterocycles. The Hall–Kier alpha value is -3.14. The van der Waals surface area contributed by atoms with Crippen LogP contribution >= 0.6 is 34.7 Å². The van der Waals surface area contributed by atoms with Gasteiger partial charge in [0.2, 0.25) is 5.13 Å². The summed E-state index contributed by atoms with van der Waals surface area (Å²) in [6.45, 7) is 0. The number of furan rings is 1. The zero-order valence-electron chi connectivity index (χ0n) is 16.0. The van der Waals surface area contributed by atoms with Crippen LogP contribution in [0.3, 0.4) is 0 Å². The number of benzene rings is 2. The van der Waals surface area contributed by atoms with Gasteiger partial charge in [-0.1, -0.05) is 52.9 Å². The summed E-state index contributed by atoms with van der Waals surface area (Å²) >= 11 is 8.57. The smallest absolute Gasteiger partial charge is 0.250 e. The van der Waals surface area contributed by atoms with Crippen LogP contribution in [-0.2, 0) is 4.79 Å². The summed E-state index contributed by atoms with van der Waals surface area (Å²) in [5.74, 6) is 1.14. The van der Waals surface area contributed by atoms with Gasteiger partial charge in [-0.3, -0.25) is 4.79 Å². The van der Waals surface area contributed by atoms with Crippen molar-refractivity contribution in [1.82, 2.24) is 15.6 Å². The number of nitrogens with one attached hydrogen (secondary N) is 2. The van der Waals surface area contributed by atoms with E-state index in [9.17, 15) is 4.79 Å². The van der Waals surface area contributed by atoms with E-state index in [1.807, 2.05) is 48.5 Å². The van der Waals surface area contributed by atoms with Crippen molar-refractivity contribution >= 4 is 57.6 Å². The zero-order valence-corrected chi connectivity index (χ0v) is 18.4. The van der Waals surface area contributed by atoms with Gasteiger partial charge < -0.3 is 9.73 Å². The Morgan fingerprint density at radius 3 is 2.71 bits per heavy atom. The molecule has 0 atom stereocenters. The van der Waals surface area contributed by atoms with Crippen LogP contribution < -0.4 is 10.7 Å². The minimum absolute atomic E-state index is 0.172. The molecule has 2 heterocycles. The molecule has 0 aliphatic carbocycles. The number of halogens is 1. The summed E-state index contributed by atoms with van der Waals surface area (Å²) < 4.78 is 6.39. The number of nitrogens with zero attached hydrogens (tertiary/aromatic N) is 3. The fourth-order valence-electron chi connectivity index (χ4n) is 2.48. The van der Waals surface area contributed by atoms with Gasteiger partial charge >= 0.3 is 0 Å². The maximum atomic E-state index is 12.0. The summed E-state index contributed by atoms with van der Waals surface area (Å²) in [6.07, 6.45) is 1.45. The molecule has 0 aliphatic rings. The van der Waals surface area contributed by atoms with E-state index in [1.54, 1.807) is 18.2 Å². The van der Waals surface area contributed by atoms with Gasteiger partial charge in [-0.05, 0) is 48.5 Å². The molecule has 0 saturated carbocycles. The van der Waals surface area contributed by atoms with Gasteiger partial charge in [-0.15, -0.1) is 10.2 Å². The summed E-state index contributed by atoms with van der Waals surface area (Å²) in [6, 6.07) is 20.6. The number of hydrazone groups is 1. The minimum atomic E-state index is -0.251. The first-order valence-electron chi connectivity index (χ1n) is 9.12. The molecule has 0 saturated heterocycles. The molecule has 2 aromatic carbocycles.